The van der Waals surface area contributed by atoms with E-state index in [4.69, 9.17) is 0 Å². The van der Waals surface area contributed by atoms with Gasteiger partial charge in [0.1, 0.15) is 0 Å². The number of hydrogen-bond donors (Lipinski definition) is 1. The maximum Gasteiger partial charge on any atom is 0.0464 e. The van der Waals surface area contributed by atoms with Gasteiger partial charge in [-0.05, 0) is 60.6 Å². The van der Waals surface area contributed by atoms with Crippen molar-refractivity contribution in [2.45, 2.75) is 25.7 Å². The summed E-state index contributed by atoms with van der Waals surface area (Å²) in [7, 11) is 0. The molecule has 1 aliphatic rings. The van der Waals surface area contributed by atoms with E-state index in [0.29, 0.717) is 0 Å². The molecule has 1 aromatic heterocycles. The van der Waals surface area contributed by atoms with Gasteiger partial charge in [-0.2, -0.15) is 0 Å². The van der Waals surface area contributed by atoms with Gasteiger partial charge in [0.05, 0.1) is 0 Å². The van der Waals surface area contributed by atoms with Crippen LogP contribution in [-0.4, -0.2) is 4.98 Å². The molecule has 94 valence electrons. The van der Waals surface area contributed by atoms with Crippen LogP contribution in [0.1, 0.15) is 24.0 Å². The molecule has 1 heteroatoms. The van der Waals surface area contributed by atoms with Crippen LogP contribution in [0.4, 0.5) is 0 Å². The van der Waals surface area contributed by atoms with Crippen LogP contribution < -0.4 is 0 Å². The molecule has 0 saturated carbocycles. The van der Waals surface area contributed by atoms with Gasteiger partial charge in [0.2, 0.25) is 0 Å². The fourth-order valence-electron chi connectivity index (χ4n) is 3.13. The van der Waals surface area contributed by atoms with E-state index in [-0.39, 0.29) is 0 Å². The van der Waals surface area contributed by atoms with Crippen LogP contribution in [0.15, 0.2) is 48.5 Å². The fourth-order valence-corrected chi connectivity index (χ4v) is 3.13. The van der Waals surface area contributed by atoms with Crippen molar-refractivity contribution in [1.82, 2.24) is 4.98 Å². The number of para-hydroxylation sites is 1. The molecule has 3 aromatic rings. The van der Waals surface area contributed by atoms with Crippen LogP contribution in [-0.2, 0) is 12.8 Å². The third-order valence-corrected chi connectivity index (χ3v) is 4.19. The summed E-state index contributed by atoms with van der Waals surface area (Å²) in [6, 6.07) is 17.7. The minimum Gasteiger partial charge on any atom is -0.355 e. The maximum atomic E-state index is 3.52. The Balaban J connectivity index is 1.83. The van der Waals surface area contributed by atoms with E-state index < -0.39 is 0 Å². The SMILES string of the molecule is c1ccc2[nH]c(-c3ccc4c(c3)CCCC4)cc2c1. The van der Waals surface area contributed by atoms with Crippen LogP contribution in [0.3, 0.4) is 0 Å². The molecule has 4 rings (SSSR count). The third kappa shape index (κ3) is 1.86. The van der Waals surface area contributed by atoms with Crippen molar-refractivity contribution in [3.05, 3.63) is 59.7 Å². The van der Waals surface area contributed by atoms with Gasteiger partial charge in [0.25, 0.3) is 0 Å². The second-order valence-electron chi connectivity index (χ2n) is 5.46. The monoisotopic (exact) mass is 247 g/mol. The zero-order valence-corrected chi connectivity index (χ0v) is 10.9. The molecular formula is C18H17N. The number of rotatable bonds is 1. The van der Waals surface area contributed by atoms with Gasteiger partial charge in [-0.3, -0.25) is 0 Å². The second kappa shape index (κ2) is 4.27. The van der Waals surface area contributed by atoms with Crippen LogP contribution in [0.5, 0.6) is 0 Å². The molecule has 0 saturated heterocycles. The molecule has 19 heavy (non-hydrogen) atoms. The number of aromatic amines is 1. The third-order valence-electron chi connectivity index (χ3n) is 4.19. The first-order valence-corrected chi connectivity index (χ1v) is 7.10. The van der Waals surface area contributed by atoms with Gasteiger partial charge >= 0.3 is 0 Å². The lowest BCUT2D eigenvalue weighted by Gasteiger charge is -2.16. The predicted octanol–water partition coefficient (Wildman–Crippen LogP) is 4.71. The van der Waals surface area contributed by atoms with E-state index in [0.717, 1.165) is 0 Å². The molecule has 1 N–H and O–H groups in total. The Kier molecular flexibility index (Phi) is 2.44. The molecule has 0 radical (unpaired) electrons. The highest BCUT2D eigenvalue weighted by atomic mass is 14.7. The molecule has 2 aromatic carbocycles. The van der Waals surface area contributed by atoms with E-state index in [1.807, 2.05) is 0 Å². The summed E-state index contributed by atoms with van der Waals surface area (Å²) in [5, 5.41) is 1.29. The van der Waals surface area contributed by atoms with Gasteiger partial charge in [0, 0.05) is 16.6 Å². The second-order valence-corrected chi connectivity index (χ2v) is 5.46. The van der Waals surface area contributed by atoms with E-state index in [1.54, 1.807) is 11.1 Å². The van der Waals surface area contributed by atoms with Crippen molar-refractivity contribution in [1.29, 1.82) is 0 Å². The Morgan fingerprint density at radius 3 is 2.53 bits per heavy atom. The molecule has 0 spiro atoms. The zero-order chi connectivity index (χ0) is 12.7. The Bertz CT molecular complexity index is 703. The molecular weight excluding hydrogens is 230 g/mol. The predicted molar refractivity (Wildman–Crippen MR) is 80.4 cm³/mol. The van der Waals surface area contributed by atoms with E-state index in [2.05, 4.69) is 53.5 Å². The highest BCUT2D eigenvalue weighted by Crippen LogP contribution is 2.29. The Hall–Kier alpha value is -2.02. The first kappa shape index (κ1) is 10.9. The maximum absolute atomic E-state index is 3.52. The summed E-state index contributed by atoms with van der Waals surface area (Å²) in [6.07, 6.45) is 5.17. The Morgan fingerprint density at radius 1 is 0.789 bits per heavy atom. The topological polar surface area (TPSA) is 15.8 Å². The van der Waals surface area contributed by atoms with Crippen LogP contribution in [0, 0.1) is 0 Å². The van der Waals surface area contributed by atoms with Crippen molar-refractivity contribution in [2.75, 3.05) is 0 Å². The van der Waals surface area contributed by atoms with Gasteiger partial charge in [-0.25, -0.2) is 0 Å². The number of H-pyrrole nitrogens is 1. The zero-order valence-electron chi connectivity index (χ0n) is 10.9. The number of fused-ring (bicyclic) bond motifs is 2. The summed E-state index contributed by atoms with van der Waals surface area (Å²) in [5.41, 5.74) is 6.86. The largest absolute Gasteiger partial charge is 0.355 e. The number of aromatic nitrogens is 1. The van der Waals surface area contributed by atoms with Gasteiger partial charge in [0.15, 0.2) is 0 Å². The number of hydrogen-bond acceptors (Lipinski definition) is 0. The lowest BCUT2D eigenvalue weighted by molar-refractivity contribution is 0.686. The number of aryl methyl sites for hydroxylation is 2. The van der Waals surface area contributed by atoms with Gasteiger partial charge in [-0.1, -0.05) is 30.3 Å². The highest BCUT2D eigenvalue weighted by molar-refractivity contribution is 5.85. The molecule has 0 fully saturated rings. The minimum absolute atomic E-state index is 1.22. The molecule has 1 nitrogen and oxygen atoms in total. The first-order chi connectivity index (χ1) is 9.40. The average molecular weight is 247 g/mol. The summed E-state index contributed by atoms with van der Waals surface area (Å²) in [6.45, 7) is 0. The smallest absolute Gasteiger partial charge is 0.0464 e. The normalized spacial score (nSPS) is 14.5. The first-order valence-electron chi connectivity index (χ1n) is 7.10. The van der Waals surface area contributed by atoms with Crippen LogP contribution >= 0.6 is 0 Å². The van der Waals surface area contributed by atoms with Crippen molar-refractivity contribution in [2.24, 2.45) is 0 Å². The van der Waals surface area contributed by atoms with E-state index in [1.165, 1.54) is 47.8 Å². The van der Waals surface area contributed by atoms with Crippen molar-refractivity contribution in [3.63, 3.8) is 0 Å². The quantitative estimate of drug-likeness (QED) is 0.640. The molecule has 0 aliphatic heterocycles. The fraction of sp³-hybridized carbons (Fsp3) is 0.222. The molecule has 0 amide bonds. The lowest BCUT2D eigenvalue weighted by Crippen LogP contribution is -2.02. The Morgan fingerprint density at radius 2 is 1.63 bits per heavy atom. The lowest BCUT2D eigenvalue weighted by atomic mass is 9.90. The van der Waals surface area contributed by atoms with Crippen LogP contribution in [0.2, 0.25) is 0 Å². The van der Waals surface area contributed by atoms with Crippen molar-refractivity contribution >= 4 is 10.9 Å². The van der Waals surface area contributed by atoms with Gasteiger partial charge < -0.3 is 4.98 Å². The summed E-state index contributed by atoms with van der Waals surface area (Å²) in [4.78, 5) is 3.52. The molecule has 0 bridgehead atoms. The van der Waals surface area contributed by atoms with Crippen molar-refractivity contribution in [3.8, 4) is 11.3 Å². The standard InChI is InChI=1S/C18H17N/c1-2-6-14-11-16(10-9-13(14)5-1)18-12-15-7-3-4-8-17(15)19-18/h3-4,7-12,19H,1-2,5-6H2. The molecule has 0 unspecified atom stereocenters. The summed E-state index contributed by atoms with van der Waals surface area (Å²) in [5.74, 6) is 0. The van der Waals surface area contributed by atoms with E-state index in [9.17, 15) is 0 Å². The molecule has 1 aliphatic carbocycles. The molecule has 0 atom stereocenters. The minimum atomic E-state index is 1.22. The van der Waals surface area contributed by atoms with Gasteiger partial charge in [-0.15, -0.1) is 0 Å². The summed E-state index contributed by atoms with van der Waals surface area (Å²) >= 11 is 0. The van der Waals surface area contributed by atoms with E-state index >= 15 is 0 Å². The highest BCUT2D eigenvalue weighted by Gasteiger charge is 2.11. The molecule has 1 heterocycles. The summed E-state index contributed by atoms with van der Waals surface area (Å²) < 4.78 is 0. The van der Waals surface area contributed by atoms with Crippen molar-refractivity contribution < 1.29 is 0 Å². The average Bonchev–Trinajstić information content (AvgIpc) is 2.90. The number of benzene rings is 2. The van der Waals surface area contributed by atoms with Crippen LogP contribution in [0.25, 0.3) is 22.2 Å². The Labute approximate surface area is 113 Å². The number of nitrogens with one attached hydrogen (secondary N) is 1.